The summed E-state index contributed by atoms with van der Waals surface area (Å²) in [4.78, 5) is 69.3. The van der Waals surface area contributed by atoms with Crippen molar-refractivity contribution in [1.29, 1.82) is 0 Å². The number of halogens is 3. The zero-order valence-electron chi connectivity index (χ0n) is 36.9. The highest BCUT2D eigenvalue weighted by Crippen LogP contribution is 2.35. The number of carbonyl (C=O) groups excluding carboxylic acids is 4. The van der Waals surface area contributed by atoms with Crippen molar-refractivity contribution in [2.75, 3.05) is 80.5 Å². The van der Waals surface area contributed by atoms with Crippen LogP contribution in [0.4, 0.5) is 30.2 Å². The van der Waals surface area contributed by atoms with Gasteiger partial charge in [-0.3, -0.25) is 33.7 Å². The Labute approximate surface area is 385 Å². The third-order valence-corrected chi connectivity index (χ3v) is 15.6. The molecule has 3 aromatic carbocycles. The molecule has 0 radical (unpaired) electrons. The Hall–Kier alpha value is -6.31. The van der Waals surface area contributed by atoms with Crippen LogP contribution >= 0.6 is 0 Å². The van der Waals surface area contributed by atoms with Crippen LogP contribution in [0.3, 0.4) is 0 Å². The van der Waals surface area contributed by atoms with Crippen LogP contribution in [-0.2, 0) is 26.3 Å². The predicted octanol–water partition coefficient (Wildman–Crippen LogP) is 5.58. The molecule has 4 fully saturated rings. The Bertz CT molecular complexity index is 2900. The molecule has 0 aliphatic carbocycles. The van der Waals surface area contributed by atoms with Crippen molar-refractivity contribution >= 4 is 61.8 Å². The lowest BCUT2D eigenvalue weighted by Crippen LogP contribution is -2.53. The molecule has 5 aliphatic heterocycles. The number of aromatic amines is 1. The highest BCUT2D eigenvalue weighted by atomic mass is 32.2. The molecule has 10 rings (SSSR count). The van der Waals surface area contributed by atoms with E-state index in [0.29, 0.717) is 41.0 Å². The molecular formula is C48H50F3N9O6S. The van der Waals surface area contributed by atoms with E-state index in [1.807, 2.05) is 41.1 Å². The highest BCUT2D eigenvalue weighted by molar-refractivity contribution is 7.90. The molecule has 1 unspecified atom stereocenters. The molecular weight excluding hydrogens is 888 g/mol. The second-order valence-electron chi connectivity index (χ2n) is 18.2. The maximum absolute atomic E-state index is 15.8. The van der Waals surface area contributed by atoms with Crippen LogP contribution in [-0.4, -0.2) is 139 Å². The highest BCUT2D eigenvalue weighted by Gasteiger charge is 2.42. The van der Waals surface area contributed by atoms with E-state index in [2.05, 4.69) is 30.7 Å². The number of amides is 3. The van der Waals surface area contributed by atoms with E-state index < -0.39 is 51.1 Å². The number of likely N-dealkylation sites (N-methyl/N-ethyl adjacent to an activating group) is 1. The van der Waals surface area contributed by atoms with E-state index in [4.69, 9.17) is 0 Å². The van der Waals surface area contributed by atoms with Crippen LogP contribution in [0, 0.1) is 17.6 Å². The molecule has 0 spiro atoms. The van der Waals surface area contributed by atoms with Gasteiger partial charge in [0.2, 0.25) is 11.7 Å². The number of anilines is 3. The molecule has 67 heavy (non-hydrogen) atoms. The first-order valence-corrected chi connectivity index (χ1v) is 24.1. The number of aromatic nitrogens is 2. The Balaban J connectivity index is 0.728. The molecule has 2 atom stereocenters. The molecule has 3 amide bonds. The number of H-pyrrole nitrogens is 1. The van der Waals surface area contributed by atoms with Crippen molar-refractivity contribution < 1.29 is 40.8 Å². The number of nitrogens with zero attached hydrogens (tertiary/aromatic N) is 7. The molecule has 5 aliphatic rings. The van der Waals surface area contributed by atoms with Gasteiger partial charge in [-0.2, -0.15) is 12.7 Å². The first-order valence-electron chi connectivity index (χ1n) is 22.7. The van der Waals surface area contributed by atoms with Crippen LogP contribution in [0.25, 0.3) is 22.2 Å². The summed E-state index contributed by atoms with van der Waals surface area (Å²) in [5.41, 5.74) is 3.94. The smallest absolute Gasteiger partial charge is 0.301 e. The minimum absolute atomic E-state index is 0.00346. The van der Waals surface area contributed by atoms with Gasteiger partial charge < -0.3 is 19.7 Å². The number of fused-ring (bicyclic) bond motifs is 2. The fourth-order valence-corrected chi connectivity index (χ4v) is 11.5. The number of imide groups is 1. The number of carbonyl (C=O) groups is 4. The summed E-state index contributed by atoms with van der Waals surface area (Å²) in [6.45, 7) is 6.38. The summed E-state index contributed by atoms with van der Waals surface area (Å²) in [6, 6.07) is 16.8. The first-order chi connectivity index (χ1) is 32.2. The average Bonchev–Trinajstić information content (AvgIpc) is 4.06. The van der Waals surface area contributed by atoms with E-state index in [9.17, 15) is 32.0 Å². The Morgan fingerprint density at radius 3 is 2.31 bits per heavy atom. The number of piperazine rings is 1. The Morgan fingerprint density at radius 2 is 1.58 bits per heavy atom. The topological polar surface area (TPSA) is 163 Å². The molecule has 5 aromatic rings. The number of ketones is 1. The number of nitrogens with one attached hydrogen (secondary N) is 2. The summed E-state index contributed by atoms with van der Waals surface area (Å²) in [5.74, 6) is -3.66. The van der Waals surface area contributed by atoms with Gasteiger partial charge in [-0.1, -0.05) is 12.1 Å². The number of hydrogen-bond donors (Lipinski definition) is 2. The van der Waals surface area contributed by atoms with Crippen molar-refractivity contribution in [3.05, 3.63) is 107 Å². The third kappa shape index (κ3) is 8.52. The van der Waals surface area contributed by atoms with Crippen molar-refractivity contribution in [2.45, 2.75) is 50.9 Å². The van der Waals surface area contributed by atoms with E-state index >= 15 is 8.78 Å². The van der Waals surface area contributed by atoms with Gasteiger partial charge in [0.25, 0.3) is 11.8 Å². The number of rotatable bonds is 11. The van der Waals surface area contributed by atoms with Gasteiger partial charge in [-0.25, -0.2) is 18.2 Å². The normalized spacial score (nSPS) is 21.2. The average molecular weight is 938 g/mol. The number of piperidine rings is 2. The molecule has 4 saturated heterocycles. The molecule has 7 heterocycles. The maximum atomic E-state index is 15.8. The van der Waals surface area contributed by atoms with Gasteiger partial charge >= 0.3 is 10.2 Å². The summed E-state index contributed by atoms with van der Waals surface area (Å²) < 4.78 is 73.2. The largest absolute Gasteiger partial charge is 0.372 e. The second kappa shape index (κ2) is 17.7. The van der Waals surface area contributed by atoms with E-state index in [-0.39, 0.29) is 49.2 Å². The number of pyridine rings is 1. The van der Waals surface area contributed by atoms with Crippen molar-refractivity contribution in [1.82, 2.24) is 29.0 Å². The zero-order valence-corrected chi connectivity index (χ0v) is 37.7. The number of likely N-dealkylation sites (tertiary alicyclic amines) is 1. The lowest BCUT2D eigenvalue weighted by atomic mass is 9.95. The van der Waals surface area contributed by atoms with Crippen LogP contribution < -0.4 is 14.5 Å². The zero-order chi connectivity index (χ0) is 46.7. The Morgan fingerprint density at radius 1 is 0.851 bits per heavy atom. The predicted molar refractivity (Wildman–Crippen MR) is 246 cm³/mol. The fourth-order valence-electron chi connectivity index (χ4n) is 10.2. The van der Waals surface area contributed by atoms with Crippen LogP contribution in [0.5, 0.6) is 0 Å². The summed E-state index contributed by atoms with van der Waals surface area (Å²) >= 11 is 0. The number of hydrogen-bond acceptors (Lipinski definition) is 10. The van der Waals surface area contributed by atoms with Gasteiger partial charge in [0, 0.05) is 125 Å². The quantitative estimate of drug-likeness (QED) is 0.126. The molecule has 350 valence electrons. The maximum Gasteiger partial charge on any atom is 0.301 e. The van der Waals surface area contributed by atoms with Crippen molar-refractivity contribution in [3.8, 4) is 11.1 Å². The van der Waals surface area contributed by atoms with E-state index in [1.165, 1.54) is 13.2 Å². The van der Waals surface area contributed by atoms with Gasteiger partial charge in [-0.15, -0.1) is 0 Å². The van der Waals surface area contributed by atoms with Crippen LogP contribution in [0.15, 0.2) is 73.1 Å². The van der Waals surface area contributed by atoms with E-state index in [1.54, 1.807) is 17.2 Å². The third-order valence-electron chi connectivity index (χ3n) is 14.1. The molecule has 0 bridgehead atoms. The molecule has 2 aromatic heterocycles. The molecule has 19 heteroatoms. The Kier molecular flexibility index (Phi) is 11.8. The van der Waals surface area contributed by atoms with Crippen molar-refractivity contribution in [3.63, 3.8) is 0 Å². The monoisotopic (exact) mass is 937 g/mol. The van der Waals surface area contributed by atoms with Gasteiger partial charge in [-0.05, 0) is 91.3 Å². The molecule has 2 N–H and O–H groups in total. The summed E-state index contributed by atoms with van der Waals surface area (Å²) in [7, 11) is -2.87. The standard InChI is InChI=1S/C48H50F3N9O6S/c1-55-42(61)11-10-41(48(55)64)60-27-32-22-35(6-7-36(32)47(60)63)57-15-12-29(13-16-57)26-56-18-20-58(21-19-56)34-4-2-30(3-5-34)31-23-37-38(25-53-46(37)52-24-31)45(62)43-39(50)8-9-40(44(43)51)54-67(65,66)59-17-14-33(49)28-59/h2-9,22-25,29,33,41,54H,10-21,26-28H2,1H3,(H,52,53)/t33-,41?/m1/s1. The van der Waals surface area contributed by atoms with Gasteiger partial charge in [0.15, 0.2) is 5.82 Å². The summed E-state index contributed by atoms with van der Waals surface area (Å²) in [5, 5.41) is 0.334. The van der Waals surface area contributed by atoms with Crippen LogP contribution in [0.2, 0.25) is 0 Å². The SMILES string of the molecule is CN1C(=O)CCC(N2Cc3cc(N4CCC(CN5CCN(c6ccc(-c7cnc8[nH]cc(C(=O)c9c(F)ccc(NS(=O)(=O)N%10CC[C@@H](F)C%10)c9F)c8c7)cc6)CC5)CC4)ccc3C2=O)C1=O. The molecule has 15 nitrogen and oxygen atoms in total. The number of benzene rings is 3. The fraction of sp³-hybridized carbons (Fsp3) is 0.396. The second-order valence-corrected chi connectivity index (χ2v) is 19.8. The van der Waals surface area contributed by atoms with Crippen LogP contribution in [0.1, 0.15) is 63.9 Å². The van der Waals surface area contributed by atoms with Crippen molar-refractivity contribution in [2.24, 2.45) is 5.92 Å². The van der Waals surface area contributed by atoms with Gasteiger partial charge in [0.05, 0.1) is 11.3 Å². The minimum atomic E-state index is -4.36. The van der Waals surface area contributed by atoms with E-state index in [0.717, 1.165) is 102 Å². The minimum Gasteiger partial charge on any atom is -0.372 e. The lowest BCUT2D eigenvalue weighted by molar-refractivity contribution is -0.150. The molecule has 0 saturated carbocycles. The van der Waals surface area contributed by atoms with Gasteiger partial charge in [0.1, 0.15) is 23.7 Å². The number of alkyl halides is 1. The lowest BCUT2D eigenvalue weighted by Gasteiger charge is -2.40. The first kappa shape index (κ1) is 44.5. The summed E-state index contributed by atoms with van der Waals surface area (Å²) in [6.07, 6.45) is 4.35.